The van der Waals surface area contributed by atoms with Crippen LogP contribution in [0, 0.1) is 5.41 Å². The second-order valence-corrected chi connectivity index (χ2v) is 8.27. The van der Waals surface area contributed by atoms with Gasteiger partial charge in [0, 0.05) is 12.6 Å². The van der Waals surface area contributed by atoms with Gasteiger partial charge in [0.25, 0.3) is 5.91 Å². The van der Waals surface area contributed by atoms with E-state index in [1.165, 1.54) is 23.7 Å². The molecule has 0 unspecified atom stereocenters. The molecule has 4 rings (SSSR count). The number of aliphatic imine (C=N–C) groups is 1. The summed E-state index contributed by atoms with van der Waals surface area (Å²) in [6.07, 6.45) is 1.62. The maximum absolute atomic E-state index is 12.3. The molecule has 10 heteroatoms. The SMILES string of the molecule is CC(=O)Nc1ccc(OCCOc2ccc(/C=C3\C(=N)N4N=C(C)SC4=NC3=O)cc2)cc1. The van der Waals surface area contributed by atoms with E-state index < -0.39 is 5.91 Å². The summed E-state index contributed by atoms with van der Waals surface area (Å²) in [5, 5.41) is 17.7. The summed E-state index contributed by atoms with van der Waals surface area (Å²) in [4.78, 5) is 27.4. The molecular weight excluding hydrogens is 442 g/mol. The van der Waals surface area contributed by atoms with Crippen molar-refractivity contribution < 1.29 is 19.1 Å². The quantitative estimate of drug-likeness (QED) is 0.477. The molecule has 0 saturated carbocycles. The Morgan fingerprint density at radius 2 is 1.70 bits per heavy atom. The monoisotopic (exact) mass is 463 g/mol. The third-order valence-electron chi connectivity index (χ3n) is 4.54. The van der Waals surface area contributed by atoms with E-state index in [0.717, 1.165) is 10.6 Å². The minimum Gasteiger partial charge on any atom is -0.490 e. The Kier molecular flexibility index (Phi) is 6.55. The number of rotatable bonds is 7. The number of nitrogens with one attached hydrogen (secondary N) is 2. The van der Waals surface area contributed by atoms with Gasteiger partial charge in [-0.05, 0) is 66.7 Å². The van der Waals surface area contributed by atoms with Crippen molar-refractivity contribution in [3.8, 4) is 11.5 Å². The number of hydrogen-bond donors (Lipinski definition) is 2. The van der Waals surface area contributed by atoms with Crippen molar-refractivity contribution in [3.05, 3.63) is 59.7 Å². The number of carbonyl (C=O) groups excluding carboxylic acids is 2. The Hall–Kier alpha value is -3.92. The molecule has 0 saturated heterocycles. The number of amidine groups is 2. The van der Waals surface area contributed by atoms with E-state index in [4.69, 9.17) is 14.9 Å². The van der Waals surface area contributed by atoms with Crippen LogP contribution in [0.5, 0.6) is 11.5 Å². The lowest BCUT2D eigenvalue weighted by Crippen LogP contribution is -2.35. The lowest BCUT2D eigenvalue weighted by atomic mass is 10.1. The van der Waals surface area contributed by atoms with Gasteiger partial charge >= 0.3 is 0 Å². The number of anilines is 1. The first-order valence-electron chi connectivity index (χ1n) is 10.1. The Morgan fingerprint density at radius 1 is 1.09 bits per heavy atom. The molecule has 2 heterocycles. The third kappa shape index (κ3) is 5.47. The van der Waals surface area contributed by atoms with Crippen LogP contribution in [0.2, 0.25) is 0 Å². The summed E-state index contributed by atoms with van der Waals surface area (Å²) in [7, 11) is 0. The first-order chi connectivity index (χ1) is 15.9. The molecule has 168 valence electrons. The van der Waals surface area contributed by atoms with E-state index in [2.05, 4.69) is 15.4 Å². The van der Waals surface area contributed by atoms with Gasteiger partial charge in [0.2, 0.25) is 11.1 Å². The van der Waals surface area contributed by atoms with Crippen molar-refractivity contribution in [2.75, 3.05) is 18.5 Å². The molecule has 0 fully saturated rings. The van der Waals surface area contributed by atoms with Crippen molar-refractivity contribution >= 4 is 51.4 Å². The van der Waals surface area contributed by atoms with E-state index >= 15 is 0 Å². The van der Waals surface area contributed by atoms with Gasteiger partial charge in [-0.25, -0.2) is 0 Å². The second kappa shape index (κ2) is 9.70. The highest BCUT2D eigenvalue weighted by Gasteiger charge is 2.34. The minimum atomic E-state index is -0.453. The normalized spacial score (nSPS) is 16.3. The smallest absolute Gasteiger partial charge is 0.283 e. The van der Waals surface area contributed by atoms with Crippen molar-refractivity contribution in [2.24, 2.45) is 10.1 Å². The highest BCUT2D eigenvalue weighted by atomic mass is 32.2. The number of carbonyl (C=O) groups is 2. The van der Waals surface area contributed by atoms with Crippen LogP contribution in [0.1, 0.15) is 19.4 Å². The summed E-state index contributed by atoms with van der Waals surface area (Å²) in [6, 6.07) is 14.3. The van der Waals surface area contributed by atoms with Gasteiger partial charge in [0.05, 0.1) is 10.6 Å². The van der Waals surface area contributed by atoms with Crippen LogP contribution < -0.4 is 14.8 Å². The van der Waals surface area contributed by atoms with Crippen LogP contribution in [0.3, 0.4) is 0 Å². The molecule has 2 aromatic rings. The van der Waals surface area contributed by atoms with Gasteiger partial charge in [0.1, 0.15) is 24.7 Å². The number of nitrogens with zero attached hydrogens (tertiary/aromatic N) is 3. The molecule has 0 atom stereocenters. The summed E-state index contributed by atoms with van der Waals surface area (Å²) in [6.45, 7) is 3.96. The Morgan fingerprint density at radius 3 is 2.30 bits per heavy atom. The fourth-order valence-corrected chi connectivity index (χ4v) is 3.81. The van der Waals surface area contributed by atoms with Crippen LogP contribution in [0.4, 0.5) is 5.69 Å². The number of thioether (sulfide) groups is 1. The Labute approximate surface area is 194 Å². The Bertz CT molecular complexity index is 1190. The molecule has 0 radical (unpaired) electrons. The largest absolute Gasteiger partial charge is 0.490 e. The molecule has 0 aromatic heterocycles. The number of amides is 2. The molecule has 2 amide bonds. The molecule has 2 N–H and O–H groups in total. The van der Waals surface area contributed by atoms with E-state index in [0.29, 0.717) is 35.6 Å². The predicted molar refractivity (Wildman–Crippen MR) is 129 cm³/mol. The molecule has 2 aliphatic heterocycles. The highest BCUT2D eigenvalue weighted by molar-refractivity contribution is 8.26. The molecular formula is C23H21N5O4S. The molecule has 0 spiro atoms. The zero-order valence-corrected chi connectivity index (χ0v) is 18.8. The average molecular weight is 464 g/mol. The van der Waals surface area contributed by atoms with Crippen LogP contribution in [0.15, 0.2) is 64.2 Å². The van der Waals surface area contributed by atoms with Gasteiger partial charge in [0.15, 0.2) is 5.84 Å². The summed E-state index contributed by atoms with van der Waals surface area (Å²) in [5.41, 5.74) is 1.64. The van der Waals surface area contributed by atoms with Crippen LogP contribution in [-0.2, 0) is 9.59 Å². The van der Waals surface area contributed by atoms with E-state index in [1.54, 1.807) is 61.5 Å². The molecule has 0 aliphatic carbocycles. The standard InChI is InChI=1S/C23H21N5O4S/c1-14(29)25-17-5-9-19(10-6-17)32-12-11-31-18-7-3-16(4-8-18)13-20-21(24)28-23(26-22(20)30)33-15(2)27-28/h3-10,13,24H,11-12H2,1-2H3,(H,25,29)/b20-13+,24-21?. The van der Waals surface area contributed by atoms with E-state index in [1.807, 2.05) is 0 Å². The number of benzene rings is 2. The minimum absolute atomic E-state index is 0.0110. The van der Waals surface area contributed by atoms with Crippen molar-refractivity contribution in [1.29, 1.82) is 5.41 Å². The van der Waals surface area contributed by atoms with Gasteiger partial charge in [-0.15, -0.1) is 0 Å². The number of ether oxygens (including phenoxy) is 2. The molecule has 2 aromatic carbocycles. The van der Waals surface area contributed by atoms with Gasteiger partial charge in [-0.3, -0.25) is 15.0 Å². The lowest BCUT2D eigenvalue weighted by Gasteiger charge is -2.20. The lowest BCUT2D eigenvalue weighted by molar-refractivity contribution is -0.115. The summed E-state index contributed by atoms with van der Waals surface area (Å²) < 4.78 is 11.3. The first-order valence-corrected chi connectivity index (χ1v) is 10.9. The summed E-state index contributed by atoms with van der Waals surface area (Å²) in [5.74, 6) is 0.767. The van der Waals surface area contributed by atoms with Gasteiger partial charge < -0.3 is 14.8 Å². The maximum atomic E-state index is 12.3. The maximum Gasteiger partial charge on any atom is 0.283 e. The Balaban J connectivity index is 1.29. The fourth-order valence-electron chi connectivity index (χ4n) is 3.07. The molecule has 2 aliphatic rings. The number of hydrogen-bond acceptors (Lipinski definition) is 7. The third-order valence-corrected chi connectivity index (χ3v) is 5.37. The zero-order chi connectivity index (χ0) is 23.4. The van der Waals surface area contributed by atoms with E-state index in [-0.39, 0.29) is 17.3 Å². The van der Waals surface area contributed by atoms with E-state index in [9.17, 15) is 9.59 Å². The van der Waals surface area contributed by atoms with Crippen molar-refractivity contribution in [1.82, 2.24) is 5.01 Å². The van der Waals surface area contributed by atoms with Crippen molar-refractivity contribution in [3.63, 3.8) is 0 Å². The van der Waals surface area contributed by atoms with Crippen LogP contribution in [-0.4, -0.2) is 46.1 Å². The van der Waals surface area contributed by atoms with Gasteiger partial charge in [-0.2, -0.15) is 15.1 Å². The fraction of sp³-hybridized carbons (Fsp3) is 0.174. The second-order valence-electron chi connectivity index (χ2n) is 7.11. The first kappa shape index (κ1) is 22.3. The molecule has 33 heavy (non-hydrogen) atoms. The number of hydrazone groups is 1. The predicted octanol–water partition coefficient (Wildman–Crippen LogP) is 3.74. The molecule has 9 nitrogen and oxygen atoms in total. The molecule has 0 bridgehead atoms. The van der Waals surface area contributed by atoms with Gasteiger partial charge in [-0.1, -0.05) is 12.1 Å². The topological polar surface area (TPSA) is 116 Å². The zero-order valence-electron chi connectivity index (χ0n) is 18.0. The number of fused-ring (bicyclic) bond motifs is 1. The summed E-state index contributed by atoms with van der Waals surface area (Å²) >= 11 is 1.27. The van der Waals surface area contributed by atoms with Crippen LogP contribution >= 0.6 is 11.8 Å². The van der Waals surface area contributed by atoms with Crippen LogP contribution in [0.25, 0.3) is 6.08 Å². The van der Waals surface area contributed by atoms with Crippen molar-refractivity contribution in [2.45, 2.75) is 13.8 Å². The average Bonchev–Trinajstić information content (AvgIpc) is 3.16. The highest BCUT2D eigenvalue weighted by Crippen LogP contribution is 2.28.